The number of aliphatic hydroxyl groups is 1. The average molecular weight is 343 g/mol. The van der Waals surface area contributed by atoms with Gasteiger partial charge in [-0.25, -0.2) is 4.79 Å². The van der Waals surface area contributed by atoms with E-state index in [1.165, 1.54) is 11.6 Å². The van der Waals surface area contributed by atoms with Crippen LogP contribution in [-0.2, 0) is 20.6 Å². The summed E-state index contributed by atoms with van der Waals surface area (Å²) >= 11 is 0. The summed E-state index contributed by atoms with van der Waals surface area (Å²) in [5, 5.41) is 13.7. The fourth-order valence-corrected chi connectivity index (χ4v) is 2.87. The van der Waals surface area contributed by atoms with E-state index in [0.717, 1.165) is 10.1 Å². The lowest BCUT2D eigenvalue weighted by Gasteiger charge is -2.15. The highest BCUT2D eigenvalue weighted by atomic mass is 16.3. The minimum Gasteiger partial charge on any atom is -0.387 e. The summed E-state index contributed by atoms with van der Waals surface area (Å²) < 4.78 is 4.02. The average Bonchev–Trinajstić information content (AvgIpc) is 2.97. The summed E-state index contributed by atoms with van der Waals surface area (Å²) in [7, 11) is 3.01. The van der Waals surface area contributed by atoms with Crippen LogP contribution in [0.3, 0.4) is 0 Å². The van der Waals surface area contributed by atoms with E-state index in [0.29, 0.717) is 18.1 Å². The van der Waals surface area contributed by atoms with Gasteiger partial charge in [0.1, 0.15) is 0 Å². The van der Waals surface area contributed by atoms with Gasteiger partial charge in [0.2, 0.25) is 5.95 Å². The molecule has 0 aliphatic rings. The van der Waals surface area contributed by atoms with Crippen molar-refractivity contribution in [3.05, 3.63) is 56.7 Å². The minimum atomic E-state index is -0.807. The second-order valence-corrected chi connectivity index (χ2v) is 5.88. The molecule has 132 valence electrons. The second-order valence-electron chi connectivity index (χ2n) is 5.88. The summed E-state index contributed by atoms with van der Waals surface area (Å²) in [6, 6.07) is 9.21. The molecular formula is C17H21N5O3. The smallest absolute Gasteiger partial charge is 0.332 e. The summed E-state index contributed by atoms with van der Waals surface area (Å²) in [6.07, 6.45) is -0.807. The predicted octanol–water partition coefficient (Wildman–Crippen LogP) is 0.599. The van der Waals surface area contributed by atoms with E-state index in [-0.39, 0.29) is 12.1 Å². The molecule has 0 radical (unpaired) electrons. The number of benzene rings is 1. The SMILES string of the molecule is CCNc1nc2c(c(=O)n(C)c(=O)n2C)n1C[C@@H](O)c1ccccc1. The molecular weight excluding hydrogens is 322 g/mol. The zero-order chi connectivity index (χ0) is 18.1. The Morgan fingerprint density at radius 2 is 1.84 bits per heavy atom. The van der Waals surface area contributed by atoms with Gasteiger partial charge in [0.25, 0.3) is 5.56 Å². The van der Waals surface area contributed by atoms with Crippen molar-refractivity contribution in [2.24, 2.45) is 14.1 Å². The molecule has 0 fully saturated rings. The highest BCUT2D eigenvalue weighted by Gasteiger charge is 2.21. The van der Waals surface area contributed by atoms with Crippen LogP contribution in [0.25, 0.3) is 11.2 Å². The lowest BCUT2D eigenvalue weighted by Crippen LogP contribution is -2.37. The third-order valence-corrected chi connectivity index (χ3v) is 4.22. The first-order valence-electron chi connectivity index (χ1n) is 8.08. The zero-order valence-corrected chi connectivity index (χ0v) is 14.4. The van der Waals surface area contributed by atoms with Crippen LogP contribution < -0.4 is 16.6 Å². The maximum Gasteiger partial charge on any atom is 0.332 e. The van der Waals surface area contributed by atoms with Crippen LogP contribution in [0.2, 0.25) is 0 Å². The highest BCUT2D eigenvalue weighted by Crippen LogP contribution is 2.21. The molecule has 0 spiro atoms. The van der Waals surface area contributed by atoms with Gasteiger partial charge in [0.15, 0.2) is 11.2 Å². The van der Waals surface area contributed by atoms with Crippen molar-refractivity contribution in [2.75, 3.05) is 11.9 Å². The zero-order valence-electron chi connectivity index (χ0n) is 14.4. The predicted molar refractivity (Wildman–Crippen MR) is 95.8 cm³/mol. The topological polar surface area (TPSA) is 94.1 Å². The number of hydrogen-bond acceptors (Lipinski definition) is 5. The van der Waals surface area contributed by atoms with Gasteiger partial charge in [-0.05, 0) is 12.5 Å². The molecule has 0 saturated carbocycles. The Morgan fingerprint density at radius 3 is 2.48 bits per heavy atom. The van der Waals surface area contributed by atoms with Crippen LogP contribution in [0, 0.1) is 0 Å². The maximum absolute atomic E-state index is 12.6. The monoisotopic (exact) mass is 343 g/mol. The molecule has 3 aromatic rings. The first kappa shape index (κ1) is 17.0. The Balaban J connectivity index is 2.20. The summed E-state index contributed by atoms with van der Waals surface area (Å²) in [5.74, 6) is 0.450. The number of anilines is 1. The minimum absolute atomic E-state index is 0.149. The van der Waals surface area contributed by atoms with Gasteiger partial charge in [0, 0.05) is 20.6 Å². The number of imidazole rings is 1. The number of nitrogens with one attached hydrogen (secondary N) is 1. The Hall–Kier alpha value is -2.87. The van der Waals surface area contributed by atoms with E-state index < -0.39 is 17.4 Å². The molecule has 8 heteroatoms. The molecule has 1 aromatic carbocycles. The van der Waals surface area contributed by atoms with Crippen LogP contribution in [0.5, 0.6) is 0 Å². The lowest BCUT2D eigenvalue weighted by atomic mass is 10.1. The summed E-state index contributed by atoms with van der Waals surface area (Å²) in [5.41, 5.74) is 0.456. The van der Waals surface area contributed by atoms with Crippen molar-refractivity contribution in [3.8, 4) is 0 Å². The highest BCUT2D eigenvalue weighted by molar-refractivity contribution is 5.74. The third-order valence-electron chi connectivity index (χ3n) is 4.22. The van der Waals surface area contributed by atoms with Crippen LogP contribution in [-0.4, -0.2) is 30.3 Å². The van der Waals surface area contributed by atoms with Crippen LogP contribution in [0.1, 0.15) is 18.6 Å². The van der Waals surface area contributed by atoms with Gasteiger partial charge < -0.3 is 15.0 Å². The van der Waals surface area contributed by atoms with Crippen LogP contribution >= 0.6 is 0 Å². The lowest BCUT2D eigenvalue weighted by molar-refractivity contribution is 0.158. The van der Waals surface area contributed by atoms with Crippen molar-refractivity contribution in [1.82, 2.24) is 18.7 Å². The Morgan fingerprint density at radius 1 is 1.16 bits per heavy atom. The molecule has 0 amide bonds. The molecule has 2 aromatic heterocycles. The molecule has 8 nitrogen and oxygen atoms in total. The van der Waals surface area contributed by atoms with Crippen LogP contribution in [0.4, 0.5) is 5.95 Å². The fraction of sp³-hybridized carbons (Fsp3) is 0.353. The number of nitrogens with zero attached hydrogens (tertiary/aromatic N) is 4. The van der Waals surface area contributed by atoms with E-state index in [2.05, 4.69) is 10.3 Å². The maximum atomic E-state index is 12.6. The van der Waals surface area contributed by atoms with Gasteiger partial charge in [-0.15, -0.1) is 0 Å². The Labute approximate surface area is 144 Å². The number of fused-ring (bicyclic) bond motifs is 1. The molecule has 2 heterocycles. The number of aromatic nitrogens is 4. The molecule has 2 N–H and O–H groups in total. The first-order chi connectivity index (χ1) is 12.0. The van der Waals surface area contributed by atoms with Crippen molar-refractivity contribution < 1.29 is 5.11 Å². The second kappa shape index (κ2) is 6.56. The van der Waals surface area contributed by atoms with E-state index >= 15 is 0 Å². The summed E-state index contributed by atoms with van der Waals surface area (Å²) in [4.78, 5) is 29.2. The standard InChI is InChI=1S/C17H21N5O3/c1-4-18-16-19-14-13(15(24)21(3)17(25)20(14)2)22(16)10-12(23)11-8-6-5-7-9-11/h5-9,12,23H,4,10H2,1-3H3,(H,18,19)/t12-/m1/s1. The summed E-state index contributed by atoms with van der Waals surface area (Å²) in [6.45, 7) is 2.66. The Bertz CT molecular complexity index is 1020. The van der Waals surface area contributed by atoms with Crippen molar-refractivity contribution >= 4 is 17.1 Å². The molecule has 0 aliphatic carbocycles. The van der Waals surface area contributed by atoms with E-state index in [4.69, 9.17) is 0 Å². The molecule has 0 bridgehead atoms. The van der Waals surface area contributed by atoms with E-state index in [1.807, 2.05) is 37.3 Å². The van der Waals surface area contributed by atoms with E-state index in [9.17, 15) is 14.7 Å². The first-order valence-corrected chi connectivity index (χ1v) is 8.08. The van der Waals surface area contributed by atoms with Crippen molar-refractivity contribution in [1.29, 1.82) is 0 Å². The molecule has 25 heavy (non-hydrogen) atoms. The number of rotatable bonds is 5. The quantitative estimate of drug-likeness (QED) is 0.707. The van der Waals surface area contributed by atoms with Gasteiger partial charge in [0.05, 0.1) is 12.6 Å². The van der Waals surface area contributed by atoms with Gasteiger partial charge in [-0.3, -0.25) is 13.9 Å². The van der Waals surface area contributed by atoms with Crippen LogP contribution in [0.15, 0.2) is 39.9 Å². The third kappa shape index (κ3) is 2.85. The van der Waals surface area contributed by atoms with Gasteiger partial charge in [-0.2, -0.15) is 4.98 Å². The van der Waals surface area contributed by atoms with Gasteiger partial charge in [-0.1, -0.05) is 30.3 Å². The molecule has 0 saturated heterocycles. The number of hydrogen-bond donors (Lipinski definition) is 2. The van der Waals surface area contributed by atoms with Crippen molar-refractivity contribution in [3.63, 3.8) is 0 Å². The number of aliphatic hydroxyl groups excluding tert-OH is 1. The molecule has 0 unspecified atom stereocenters. The molecule has 0 aliphatic heterocycles. The molecule has 1 atom stereocenters. The fourth-order valence-electron chi connectivity index (χ4n) is 2.87. The largest absolute Gasteiger partial charge is 0.387 e. The normalized spacial score (nSPS) is 12.5. The molecule has 3 rings (SSSR count). The van der Waals surface area contributed by atoms with Crippen molar-refractivity contribution in [2.45, 2.75) is 19.6 Å². The Kier molecular flexibility index (Phi) is 4.45. The van der Waals surface area contributed by atoms with E-state index in [1.54, 1.807) is 11.6 Å². The van der Waals surface area contributed by atoms with Gasteiger partial charge >= 0.3 is 5.69 Å². The number of aryl methyl sites for hydroxylation is 1.